The fourth-order valence-electron chi connectivity index (χ4n) is 1.57. The third kappa shape index (κ3) is 4.53. The normalized spacial score (nSPS) is 10.0. The van der Waals surface area contributed by atoms with Gasteiger partial charge < -0.3 is 16.0 Å². The monoisotopic (exact) mass is 265 g/mol. The van der Waals surface area contributed by atoms with E-state index in [0.29, 0.717) is 25.2 Å². The number of hydrogen-bond donors (Lipinski definition) is 2. The molecule has 1 heterocycles. The lowest BCUT2D eigenvalue weighted by molar-refractivity contribution is -0.130. The van der Waals surface area contributed by atoms with Crippen LogP contribution >= 0.6 is 0 Å². The number of carbonyl (C=O) groups is 2. The molecule has 0 unspecified atom stereocenters. The van der Waals surface area contributed by atoms with E-state index in [0.717, 1.165) is 0 Å². The van der Waals surface area contributed by atoms with Crippen molar-refractivity contribution in [1.29, 1.82) is 0 Å². The largest absolute Gasteiger partial charge is 0.368 e. The third-order valence-electron chi connectivity index (χ3n) is 2.67. The summed E-state index contributed by atoms with van der Waals surface area (Å²) in [7, 11) is 0. The highest BCUT2D eigenvalue weighted by molar-refractivity contribution is 5.93. The SMILES string of the molecule is CCN(CC)C(=O)CCNC(=O)c1cnc(N)nc1. The third-order valence-corrected chi connectivity index (χ3v) is 2.67. The van der Waals surface area contributed by atoms with Crippen LogP contribution in [0, 0.1) is 0 Å². The Hall–Kier alpha value is -2.18. The molecule has 0 atom stereocenters. The molecule has 104 valence electrons. The molecule has 0 bridgehead atoms. The fraction of sp³-hybridized carbons (Fsp3) is 0.500. The molecule has 0 saturated heterocycles. The maximum atomic E-state index is 11.7. The van der Waals surface area contributed by atoms with Gasteiger partial charge in [-0.15, -0.1) is 0 Å². The molecule has 0 aliphatic heterocycles. The van der Waals surface area contributed by atoms with Crippen LogP contribution in [-0.4, -0.2) is 46.3 Å². The average Bonchev–Trinajstić information content (AvgIpc) is 2.40. The molecule has 1 rings (SSSR count). The molecule has 0 aliphatic carbocycles. The zero-order valence-electron chi connectivity index (χ0n) is 11.2. The second kappa shape index (κ2) is 7.30. The summed E-state index contributed by atoms with van der Waals surface area (Å²) in [6, 6.07) is 0. The molecule has 7 heteroatoms. The Labute approximate surface area is 112 Å². The van der Waals surface area contributed by atoms with Gasteiger partial charge in [-0.05, 0) is 13.8 Å². The Morgan fingerprint density at radius 2 is 1.84 bits per heavy atom. The topological polar surface area (TPSA) is 101 Å². The highest BCUT2D eigenvalue weighted by Gasteiger charge is 2.11. The Morgan fingerprint density at radius 1 is 1.26 bits per heavy atom. The van der Waals surface area contributed by atoms with Crippen molar-refractivity contribution in [2.75, 3.05) is 25.4 Å². The molecule has 1 aromatic heterocycles. The standard InChI is InChI=1S/C12H19N5O2/c1-3-17(4-2)10(18)5-6-14-11(19)9-7-15-12(13)16-8-9/h7-8H,3-6H2,1-2H3,(H,14,19)(H2,13,15,16). The number of amides is 2. The molecule has 0 saturated carbocycles. The quantitative estimate of drug-likeness (QED) is 0.756. The van der Waals surface area contributed by atoms with Gasteiger partial charge in [0.2, 0.25) is 11.9 Å². The number of nitrogens with one attached hydrogen (secondary N) is 1. The lowest BCUT2D eigenvalue weighted by atomic mass is 10.3. The summed E-state index contributed by atoms with van der Waals surface area (Å²) < 4.78 is 0. The highest BCUT2D eigenvalue weighted by atomic mass is 16.2. The molecular formula is C12H19N5O2. The van der Waals surface area contributed by atoms with Gasteiger partial charge in [-0.3, -0.25) is 9.59 Å². The van der Waals surface area contributed by atoms with Gasteiger partial charge in [0, 0.05) is 38.4 Å². The fourth-order valence-corrected chi connectivity index (χ4v) is 1.57. The Bertz CT molecular complexity index is 428. The smallest absolute Gasteiger partial charge is 0.254 e. The van der Waals surface area contributed by atoms with Crippen LogP contribution in [-0.2, 0) is 4.79 Å². The van der Waals surface area contributed by atoms with Gasteiger partial charge in [-0.25, -0.2) is 9.97 Å². The van der Waals surface area contributed by atoms with Gasteiger partial charge in [0.1, 0.15) is 0 Å². The van der Waals surface area contributed by atoms with Gasteiger partial charge in [0.15, 0.2) is 0 Å². The van der Waals surface area contributed by atoms with Crippen molar-refractivity contribution in [2.45, 2.75) is 20.3 Å². The van der Waals surface area contributed by atoms with Gasteiger partial charge in [-0.2, -0.15) is 0 Å². The molecule has 0 radical (unpaired) electrons. The van der Waals surface area contributed by atoms with Crippen molar-refractivity contribution in [1.82, 2.24) is 20.2 Å². The van der Waals surface area contributed by atoms with Crippen LogP contribution in [0.3, 0.4) is 0 Å². The van der Waals surface area contributed by atoms with Crippen molar-refractivity contribution in [3.05, 3.63) is 18.0 Å². The second-order valence-electron chi connectivity index (χ2n) is 3.90. The first kappa shape index (κ1) is 14.9. The molecule has 19 heavy (non-hydrogen) atoms. The number of nitrogens with two attached hydrogens (primary N) is 1. The number of anilines is 1. The van der Waals surface area contributed by atoms with Gasteiger partial charge >= 0.3 is 0 Å². The summed E-state index contributed by atoms with van der Waals surface area (Å²) >= 11 is 0. The van der Waals surface area contributed by atoms with Gasteiger partial charge in [0.05, 0.1) is 5.56 Å². The molecule has 0 aliphatic rings. The second-order valence-corrected chi connectivity index (χ2v) is 3.90. The molecule has 1 aromatic rings. The minimum atomic E-state index is -0.313. The van der Waals surface area contributed by atoms with E-state index >= 15 is 0 Å². The lowest BCUT2D eigenvalue weighted by Crippen LogP contribution is -2.34. The van der Waals surface area contributed by atoms with E-state index in [2.05, 4.69) is 15.3 Å². The Balaban J connectivity index is 2.39. The Kier molecular flexibility index (Phi) is 5.72. The molecule has 0 fully saturated rings. The summed E-state index contributed by atoms with van der Waals surface area (Å²) in [6.45, 7) is 5.49. The van der Waals surface area contributed by atoms with Crippen LogP contribution in [0.25, 0.3) is 0 Å². The number of nitrogen functional groups attached to an aromatic ring is 1. The molecule has 7 nitrogen and oxygen atoms in total. The number of nitrogens with zero attached hydrogens (tertiary/aromatic N) is 3. The predicted octanol–water partition coefficient (Wildman–Crippen LogP) is 0.0471. The van der Waals surface area contributed by atoms with Crippen LogP contribution < -0.4 is 11.1 Å². The zero-order valence-corrected chi connectivity index (χ0v) is 11.2. The first-order valence-electron chi connectivity index (χ1n) is 6.22. The summed E-state index contributed by atoms with van der Waals surface area (Å²) in [5.41, 5.74) is 5.65. The van der Waals surface area contributed by atoms with E-state index in [9.17, 15) is 9.59 Å². The molecular weight excluding hydrogens is 246 g/mol. The zero-order chi connectivity index (χ0) is 14.3. The highest BCUT2D eigenvalue weighted by Crippen LogP contribution is 1.97. The van der Waals surface area contributed by atoms with Gasteiger partial charge in [0.25, 0.3) is 5.91 Å². The van der Waals surface area contributed by atoms with Crippen LogP contribution in [0.15, 0.2) is 12.4 Å². The first-order chi connectivity index (χ1) is 9.08. The van der Waals surface area contributed by atoms with Crippen molar-refractivity contribution in [3.63, 3.8) is 0 Å². The number of aromatic nitrogens is 2. The van der Waals surface area contributed by atoms with Crippen molar-refractivity contribution in [3.8, 4) is 0 Å². The van der Waals surface area contributed by atoms with Crippen LogP contribution in [0.5, 0.6) is 0 Å². The summed E-state index contributed by atoms with van der Waals surface area (Å²) in [4.78, 5) is 32.6. The van der Waals surface area contributed by atoms with E-state index < -0.39 is 0 Å². The van der Waals surface area contributed by atoms with E-state index in [-0.39, 0.29) is 24.2 Å². The first-order valence-corrected chi connectivity index (χ1v) is 6.22. The van der Waals surface area contributed by atoms with Crippen molar-refractivity contribution >= 4 is 17.8 Å². The number of carbonyl (C=O) groups excluding carboxylic acids is 2. The maximum Gasteiger partial charge on any atom is 0.254 e. The number of hydrogen-bond acceptors (Lipinski definition) is 5. The predicted molar refractivity (Wildman–Crippen MR) is 71.3 cm³/mol. The minimum Gasteiger partial charge on any atom is -0.368 e. The summed E-state index contributed by atoms with van der Waals surface area (Å²) in [5.74, 6) is -0.167. The van der Waals surface area contributed by atoms with Crippen molar-refractivity contribution < 1.29 is 9.59 Å². The Morgan fingerprint density at radius 3 is 2.37 bits per heavy atom. The molecule has 3 N–H and O–H groups in total. The number of rotatable bonds is 6. The molecule has 0 aromatic carbocycles. The van der Waals surface area contributed by atoms with E-state index in [1.807, 2.05) is 13.8 Å². The molecule has 2 amide bonds. The van der Waals surface area contributed by atoms with Crippen LogP contribution in [0.4, 0.5) is 5.95 Å². The average molecular weight is 265 g/mol. The summed E-state index contributed by atoms with van der Waals surface area (Å²) in [5, 5.41) is 2.65. The van der Waals surface area contributed by atoms with E-state index in [4.69, 9.17) is 5.73 Å². The summed E-state index contributed by atoms with van der Waals surface area (Å²) in [6.07, 6.45) is 2.98. The van der Waals surface area contributed by atoms with E-state index in [1.54, 1.807) is 4.90 Å². The van der Waals surface area contributed by atoms with Crippen LogP contribution in [0.1, 0.15) is 30.6 Å². The van der Waals surface area contributed by atoms with Crippen molar-refractivity contribution in [2.24, 2.45) is 0 Å². The minimum absolute atomic E-state index is 0.0267. The van der Waals surface area contributed by atoms with E-state index in [1.165, 1.54) is 12.4 Å². The van der Waals surface area contributed by atoms with Crippen LogP contribution in [0.2, 0.25) is 0 Å². The molecule has 0 spiro atoms. The maximum absolute atomic E-state index is 11.7. The van der Waals surface area contributed by atoms with Gasteiger partial charge in [-0.1, -0.05) is 0 Å². The lowest BCUT2D eigenvalue weighted by Gasteiger charge is -2.18.